The lowest BCUT2D eigenvalue weighted by Gasteiger charge is -2.26. The summed E-state index contributed by atoms with van der Waals surface area (Å²) in [6, 6.07) is 0. The maximum atomic E-state index is 10.6. The van der Waals surface area contributed by atoms with Gasteiger partial charge in [0.25, 0.3) is 0 Å². The van der Waals surface area contributed by atoms with E-state index in [9.17, 15) is 9.90 Å². The fraction of sp³-hybridized carbons (Fsp3) is 0.857. The first-order chi connectivity index (χ1) is 4.91. The summed E-state index contributed by atoms with van der Waals surface area (Å²) in [5.74, 6) is 0.202. The summed E-state index contributed by atoms with van der Waals surface area (Å²) in [4.78, 5) is 10.6. The lowest BCUT2D eigenvalue weighted by molar-refractivity contribution is -0.127. The number of nitrogens with two attached hydrogens (primary N) is 1. The van der Waals surface area contributed by atoms with Crippen molar-refractivity contribution in [1.29, 1.82) is 0 Å². The molecule has 1 unspecified atom stereocenters. The molecule has 0 aromatic heterocycles. The Labute approximate surface area is 71.3 Å². The van der Waals surface area contributed by atoms with Gasteiger partial charge in [-0.3, -0.25) is 4.79 Å². The normalized spacial score (nSPS) is 14.5. The maximum Gasteiger partial charge on any atom is 0.247 e. The Bertz CT molecular complexity index is 147. The lowest BCUT2D eigenvalue weighted by atomic mass is 10.1. The van der Waals surface area contributed by atoms with E-state index in [1.165, 1.54) is 11.8 Å². The maximum absolute atomic E-state index is 10.6. The van der Waals surface area contributed by atoms with Crippen LogP contribution < -0.4 is 5.73 Å². The summed E-state index contributed by atoms with van der Waals surface area (Å²) in [6.45, 7) is 5.58. The molecule has 0 aliphatic rings. The van der Waals surface area contributed by atoms with E-state index in [0.717, 1.165) is 5.75 Å². The molecule has 1 atom stereocenters. The molecule has 0 radical (unpaired) electrons. The molecule has 4 heteroatoms. The summed E-state index contributed by atoms with van der Waals surface area (Å²) < 4.78 is -0.472. The van der Waals surface area contributed by atoms with Gasteiger partial charge in [-0.2, -0.15) is 11.8 Å². The molecule has 0 saturated carbocycles. The Kier molecular flexibility index (Phi) is 3.89. The molecular formula is C7H15NO2S. The van der Waals surface area contributed by atoms with Crippen LogP contribution in [-0.4, -0.2) is 27.6 Å². The number of carbonyl (C=O) groups excluding carboxylic acids is 1. The standard InChI is InChI=1S/C7H15NO2S/c1-4-11-7(2,3)5(9)6(8)10/h5,9H,4H2,1-3H3,(H2,8,10). The topological polar surface area (TPSA) is 63.3 Å². The second kappa shape index (κ2) is 3.97. The minimum absolute atomic E-state index is 0.472. The molecule has 0 fully saturated rings. The van der Waals surface area contributed by atoms with Crippen LogP contribution in [0.15, 0.2) is 0 Å². The molecule has 0 aromatic rings. The molecule has 0 saturated heterocycles. The van der Waals surface area contributed by atoms with Gasteiger partial charge in [-0.1, -0.05) is 6.92 Å². The quantitative estimate of drug-likeness (QED) is 0.652. The number of amides is 1. The van der Waals surface area contributed by atoms with Crippen LogP contribution in [0.2, 0.25) is 0 Å². The number of thioether (sulfide) groups is 1. The van der Waals surface area contributed by atoms with E-state index in [1.54, 1.807) is 13.8 Å². The Morgan fingerprint density at radius 2 is 2.18 bits per heavy atom. The predicted octanol–water partition coefficient (Wildman–Crippen LogP) is 0.364. The van der Waals surface area contributed by atoms with Gasteiger partial charge in [0, 0.05) is 4.75 Å². The molecule has 0 aliphatic carbocycles. The summed E-state index contributed by atoms with van der Waals surface area (Å²) in [7, 11) is 0. The van der Waals surface area contributed by atoms with Crippen molar-refractivity contribution < 1.29 is 9.90 Å². The largest absolute Gasteiger partial charge is 0.382 e. The Balaban J connectivity index is 4.16. The molecule has 0 aliphatic heterocycles. The zero-order chi connectivity index (χ0) is 9.07. The Morgan fingerprint density at radius 3 is 2.45 bits per heavy atom. The number of aliphatic hydroxyl groups is 1. The first kappa shape index (κ1) is 10.8. The molecular weight excluding hydrogens is 162 g/mol. The second-order valence-electron chi connectivity index (χ2n) is 2.84. The fourth-order valence-corrected chi connectivity index (χ4v) is 1.81. The van der Waals surface area contributed by atoms with Crippen LogP contribution in [0.3, 0.4) is 0 Å². The van der Waals surface area contributed by atoms with Gasteiger partial charge in [-0.25, -0.2) is 0 Å². The third-order valence-electron chi connectivity index (χ3n) is 1.44. The lowest BCUT2D eigenvalue weighted by Crippen LogP contribution is -2.43. The van der Waals surface area contributed by atoms with Crippen molar-refractivity contribution in [2.45, 2.75) is 31.6 Å². The van der Waals surface area contributed by atoms with E-state index < -0.39 is 16.8 Å². The minimum atomic E-state index is -1.06. The van der Waals surface area contributed by atoms with Gasteiger partial charge in [0.05, 0.1) is 0 Å². The molecule has 0 bridgehead atoms. The third-order valence-corrected chi connectivity index (χ3v) is 2.70. The van der Waals surface area contributed by atoms with Gasteiger partial charge in [0.1, 0.15) is 6.10 Å². The first-order valence-corrected chi connectivity index (χ1v) is 4.51. The smallest absolute Gasteiger partial charge is 0.247 e. The Morgan fingerprint density at radius 1 is 1.73 bits per heavy atom. The van der Waals surface area contributed by atoms with Crippen molar-refractivity contribution in [2.75, 3.05) is 5.75 Å². The van der Waals surface area contributed by atoms with Crippen molar-refractivity contribution >= 4 is 17.7 Å². The Hall–Kier alpha value is -0.220. The van der Waals surface area contributed by atoms with Crippen molar-refractivity contribution in [3.63, 3.8) is 0 Å². The molecule has 0 rings (SSSR count). The molecule has 3 nitrogen and oxygen atoms in total. The number of aliphatic hydroxyl groups excluding tert-OH is 1. The average molecular weight is 177 g/mol. The molecule has 11 heavy (non-hydrogen) atoms. The van der Waals surface area contributed by atoms with Crippen LogP contribution in [0.4, 0.5) is 0 Å². The van der Waals surface area contributed by atoms with Crippen LogP contribution in [0.5, 0.6) is 0 Å². The van der Waals surface area contributed by atoms with Gasteiger partial charge >= 0.3 is 0 Å². The highest BCUT2D eigenvalue weighted by Gasteiger charge is 2.31. The SMILES string of the molecule is CCSC(C)(C)C(O)C(N)=O. The van der Waals surface area contributed by atoms with Crippen LogP contribution in [0.1, 0.15) is 20.8 Å². The summed E-state index contributed by atoms with van der Waals surface area (Å²) in [5.41, 5.74) is 4.95. The highest BCUT2D eigenvalue weighted by atomic mass is 32.2. The number of carbonyl (C=O) groups is 1. The highest BCUT2D eigenvalue weighted by molar-refractivity contribution is 8.00. The van der Waals surface area contributed by atoms with Crippen LogP contribution in [-0.2, 0) is 4.79 Å². The zero-order valence-corrected chi connectivity index (χ0v) is 7.94. The van der Waals surface area contributed by atoms with Crippen molar-refractivity contribution in [1.82, 2.24) is 0 Å². The van der Waals surface area contributed by atoms with Crippen LogP contribution in [0.25, 0.3) is 0 Å². The van der Waals surface area contributed by atoms with Crippen molar-refractivity contribution in [2.24, 2.45) is 5.73 Å². The van der Waals surface area contributed by atoms with Gasteiger partial charge < -0.3 is 10.8 Å². The third kappa shape index (κ3) is 3.12. The van der Waals surface area contributed by atoms with E-state index >= 15 is 0 Å². The summed E-state index contributed by atoms with van der Waals surface area (Å²) in [6.07, 6.45) is -1.06. The van der Waals surface area contributed by atoms with E-state index in [-0.39, 0.29) is 0 Å². The van der Waals surface area contributed by atoms with Crippen molar-refractivity contribution in [3.8, 4) is 0 Å². The second-order valence-corrected chi connectivity index (χ2v) is 4.76. The molecule has 3 N–H and O–H groups in total. The van der Waals surface area contributed by atoms with Gasteiger partial charge in [-0.15, -0.1) is 0 Å². The van der Waals surface area contributed by atoms with E-state index in [0.29, 0.717) is 0 Å². The van der Waals surface area contributed by atoms with Crippen molar-refractivity contribution in [3.05, 3.63) is 0 Å². The van der Waals surface area contributed by atoms with Crippen LogP contribution in [0, 0.1) is 0 Å². The molecule has 1 amide bonds. The molecule has 66 valence electrons. The monoisotopic (exact) mass is 177 g/mol. The highest BCUT2D eigenvalue weighted by Crippen LogP contribution is 2.27. The minimum Gasteiger partial charge on any atom is -0.382 e. The van der Waals surface area contributed by atoms with E-state index in [4.69, 9.17) is 5.73 Å². The average Bonchev–Trinajstić information content (AvgIpc) is 1.86. The van der Waals surface area contributed by atoms with Gasteiger partial charge in [0.2, 0.25) is 5.91 Å². The predicted molar refractivity (Wildman–Crippen MR) is 47.4 cm³/mol. The molecule has 0 heterocycles. The van der Waals surface area contributed by atoms with Gasteiger partial charge in [-0.05, 0) is 19.6 Å². The van der Waals surface area contributed by atoms with E-state index in [1.807, 2.05) is 6.92 Å². The van der Waals surface area contributed by atoms with Crippen LogP contribution >= 0.6 is 11.8 Å². The zero-order valence-electron chi connectivity index (χ0n) is 7.13. The summed E-state index contributed by atoms with van der Waals surface area (Å²) >= 11 is 1.52. The number of hydrogen-bond donors (Lipinski definition) is 2. The molecule has 0 spiro atoms. The van der Waals surface area contributed by atoms with E-state index in [2.05, 4.69) is 0 Å². The first-order valence-electron chi connectivity index (χ1n) is 3.53. The number of primary amides is 1. The molecule has 0 aromatic carbocycles. The number of rotatable bonds is 4. The fourth-order valence-electron chi connectivity index (χ4n) is 0.794. The van der Waals surface area contributed by atoms with Gasteiger partial charge in [0.15, 0.2) is 0 Å². The number of hydrogen-bond acceptors (Lipinski definition) is 3. The summed E-state index contributed by atoms with van der Waals surface area (Å²) in [5, 5.41) is 9.29.